The highest BCUT2D eigenvalue weighted by molar-refractivity contribution is 8.00. The van der Waals surface area contributed by atoms with Crippen LogP contribution in [0.3, 0.4) is 0 Å². The van der Waals surface area contributed by atoms with Crippen LogP contribution in [0.1, 0.15) is 10.4 Å². The van der Waals surface area contributed by atoms with Crippen LogP contribution >= 0.6 is 11.8 Å². The largest absolute Gasteiger partial charge is 0.486 e. The first kappa shape index (κ1) is 14.8. The maximum Gasteiger partial charge on any atom is 0.173 e. The molecule has 0 aromatic heterocycles. The number of benzene rings is 2. The van der Waals surface area contributed by atoms with Gasteiger partial charge in [0.15, 0.2) is 28.9 Å². The topological polar surface area (TPSA) is 35.5 Å². The molecular formula is C16H12F2O3S. The maximum atomic E-state index is 13.1. The summed E-state index contributed by atoms with van der Waals surface area (Å²) in [5.41, 5.74) is 0.499. The number of hydrogen-bond acceptors (Lipinski definition) is 4. The minimum absolute atomic E-state index is 0.119. The van der Waals surface area contributed by atoms with E-state index in [4.69, 9.17) is 9.47 Å². The van der Waals surface area contributed by atoms with E-state index in [-0.39, 0.29) is 11.5 Å². The van der Waals surface area contributed by atoms with Crippen LogP contribution in [0, 0.1) is 11.6 Å². The third-order valence-corrected chi connectivity index (χ3v) is 4.12. The van der Waals surface area contributed by atoms with E-state index in [1.807, 2.05) is 0 Å². The van der Waals surface area contributed by atoms with E-state index < -0.39 is 11.6 Å². The highest BCUT2D eigenvalue weighted by atomic mass is 32.2. The first-order chi connectivity index (χ1) is 10.6. The molecule has 0 saturated carbocycles. The van der Waals surface area contributed by atoms with E-state index in [0.29, 0.717) is 35.2 Å². The number of Topliss-reactive ketones (excluding diaryl/α,β-unsaturated/α-hetero) is 1. The van der Waals surface area contributed by atoms with Gasteiger partial charge in [0.05, 0.1) is 5.75 Å². The number of carbonyl (C=O) groups is 1. The van der Waals surface area contributed by atoms with Crippen LogP contribution in [-0.2, 0) is 0 Å². The van der Waals surface area contributed by atoms with E-state index in [9.17, 15) is 13.6 Å². The average molecular weight is 322 g/mol. The normalized spacial score (nSPS) is 13.0. The molecule has 0 spiro atoms. The van der Waals surface area contributed by atoms with Crippen molar-refractivity contribution in [3.63, 3.8) is 0 Å². The van der Waals surface area contributed by atoms with Gasteiger partial charge in [-0.1, -0.05) is 0 Å². The van der Waals surface area contributed by atoms with Gasteiger partial charge in [0.2, 0.25) is 0 Å². The van der Waals surface area contributed by atoms with Gasteiger partial charge in [-0.2, -0.15) is 0 Å². The van der Waals surface area contributed by atoms with E-state index >= 15 is 0 Å². The van der Waals surface area contributed by atoms with Gasteiger partial charge in [-0.15, -0.1) is 11.8 Å². The Kier molecular flexibility index (Phi) is 4.29. The Hall–Kier alpha value is -2.08. The SMILES string of the molecule is O=C(CSc1ccc(F)c(F)c1)c1ccc2c(c1)OCCO2. The second-order valence-electron chi connectivity index (χ2n) is 4.65. The Morgan fingerprint density at radius 2 is 1.77 bits per heavy atom. The van der Waals surface area contributed by atoms with Gasteiger partial charge < -0.3 is 9.47 Å². The fourth-order valence-electron chi connectivity index (χ4n) is 2.02. The third kappa shape index (κ3) is 3.22. The van der Waals surface area contributed by atoms with Crippen molar-refractivity contribution in [1.29, 1.82) is 0 Å². The molecule has 0 radical (unpaired) electrons. The molecule has 1 heterocycles. The van der Waals surface area contributed by atoms with Crippen LogP contribution < -0.4 is 9.47 Å². The maximum absolute atomic E-state index is 13.1. The van der Waals surface area contributed by atoms with Crippen molar-refractivity contribution in [1.82, 2.24) is 0 Å². The molecule has 0 saturated heterocycles. The highest BCUT2D eigenvalue weighted by Crippen LogP contribution is 2.31. The molecule has 1 aliphatic heterocycles. The summed E-state index contributed by atoms with van der Waals surface area (Å²) in [6.45, 7) is 0.945. The van der Waals surface area contributed by atoms with Gasteiger partial charge in [-0.25, -0.2) is 8.78 Å². The van der Waals surface area contributed by atoms with Crippen molar-refractivity contribution >= 4 is 17.5 Å². The molecule has 0 unspecified atom stereocenters. The molecule has 114 valence electrons. The zero-order valence-corrected chi connectivity index (χ0v) is 12.3. The minimum atomic E-state index is -0.920. The van der Waals surface area contributed by atoms with Crippen molar-refractivity contribution in [2.45, 2.75) is 4.90 Å². The van der Waals surface area contributed by atoms with Crippen LogP contribution in [0.5, 0.6) is 11.5 Å². The van der Waals surface area contributed by atoms with Crippen LogP contribution in [-0.4, -0.2) is 24.7 Å². The number of rotatable bonds is 4. The summed E-state index contributed by atoms with van der Waals surface area (Å²) in [5.74, 6) is -0.637. The minimum Gasteiger partial charge on any atom is -0.486 e. The van der Waals surface area contributed by atoms with Crippen molar-refractivity contribution in [3.8, 4) is 11.5 Å². The summed E-state index contributed by atoms with van der Waals surface area (Å²) < 4.78 is 36.8. The standard InChI is InChI=1S/C16H12F2O3S/c17-12-3-2-11(8-13(12)18)22-9-14(19)10-1-4-15-16(7-10)21-6-5-20-15/h1-4,7-8H,5-6,9H2. The molecule has 6 heteroatoms. The molecule has 0 atom stereocenters. The zero-order valence-electron chi connectivity index (χ0n) is 11.5. The smallest absolute Gasteiger partial charge is 0.173 e. The number of hydrogen-bond donors (Lipinski definition) is 0. The molecule has 3 nitrogen and oxygen atoms in total. The van der Waals surface area contributed by atoms with Crippen LogP contribution in [0.15, 0.2) is 41.3 Å². The lowest BCUT2D eigenvalue weighted by molar-refractivity contribution is 0.102. The molecule has 0 N–H and O–H groups in total. The summed E-state index contributed by atoms with van der Waals surface area (Å²) in [7, 11) is 0. The van der Waals surface area contributed by atoms with Crippen LogP contribution in [0.4, 0.5) is 8.78 Å². The molecule has 2 aromatic rings. The molecule has 0 aliphatic carbocycles. The van der Waals surface area contributed by atoms with E-state index in [2.05, 4.69) is 0 Å². The molecule has 0 bridgehead atoms. The molecule has 2 aromatic carbocycles. The molecule has 0 fully saturated rings. The highest BCUT2D eigenvalue weighted by Gasteiger charge is 2.15. The molecule has 1 aliphatic rings. The van der Waals surface area contributed by atoms with Gasteiger partial charge in [0, 0.05) is 10.5 Å². The first-order valence-electron chi connectivity index (χ1n) is 6.64. The van der Waals surface area contributed by atoms with Crippen molar-refractivity contribution in [2.24, 2.45) is 0 Å². The Morgan fingerprint density at radius 1 is 1.00 bits per heavy atom. The second-order valence-corrected chi connectivity index (χ2v) is 5.69. The van der Waals surface area contributed by atoms with E-state index in [0.717, 1.165) is 23.9 Å². The first-order valence-corrected chi connectivity index (χ1v) is 7.63. The van der Waals surface area contributed by atoms with Gasteiger partial charge in [0.25, 0.3) is 0 Å². The number of fused-ring (bicyclic) bond motifs is 1. The molecule has 0 amide bonds. The molecule has 22 heavy (non-hydrogen) atoms. The van der Waals surface area contributed by atoms with E-state index in [1.54, 1.807) is 18.2 Å². The number of carbonyl (C=O) groups excluding carboxylic acids is 1. The molecule has 3 rings (SSSR count). The number of halogens is 2. The summed E-state index contributed by atoms with van der Waals surface area (Å²) in [4.78, 5) is 12.7. The predicted octanol–water partition coefficient (Wildman–Crippen LogP) is 3.71. The summed E-state index contributed by atoms with van der Waals surface area (Å²) in [6.07, 6.45) is 0. The summed E-state index contributed by atoms with van der Waals surface area (Å²) >= 11 is 1.16. The quantitative estimate of drug-likeness (QED) is 0.635. The van der Waals surface area contributed by atoms with Crippen molar-refractivity contribution in [2.75, 3.05) is 19.0 Å². The number of ketones is 1. The summed E-state index contributed by atoms with van der Waals surface area (Å²) in [5, 5.41) is 0. The van der Waals surface area contributed by atoms with E-state index in [1.165, 1.54) is 6.07 Å². The van der Waals surface area contributed by atoms with Gasteiger partial charge in [0.1, 0.15) is 13.2 Å². The monoisotopic (exact) mass is 322 g/mol. The fourth-order valence-corrected chi connectivity index (χ4v) is 2.83. The fraction of sp³-hybridized carbons (Fsp3) is 0.188. The van der Waals surface area contributed by atoms with Gasteiger partial charge >= 0.3 is 0 Å². The van der Waals surface area contributed by atoms with Crippen molar-refractivity contribution < 1.29 is 23.0 Å². The Labute approximate surface area is 130 Å². The average Bonchev–Trinajstić information content (AvgIpc) is 2.55. The third-order valence-electron chi connectivity index (χ3n) is 3.13. The predicted molar refractivity (Wildman–Crippen MR) is 78.8 cm³/mol. The summed E-state index contributed by atoms with van der Waals surface area (Å²) in [6, 6.07) is 8.58. The lowest BCUT2D eigenvalue weighted by Gasteiger charge is -2.18. The number of thioether (sulfide) groups is 1. The zero-order chi connectivity index (χ0) is 15.5. The Morgan fingerprint density at radius 3 is 2.55 bits per heavy atom. The van der Waals surface area contributed by atoms with Crippen LogP contribution in [0.2, 0.25) is 0 Å². The Bertz CT molecular complexity index is 719. The van der Waals surface area contributed by atoms with Crippen LogP contribution in [0.25, 0.3) is 0 Å². The number of ether oxygens (including phenoxy) is 2. The lowest BCUT2D eigenvalue weighted by atomic mass is 10.1. The van der Waals surface area contributed by atoms with Gasteiger partial charge in [-0.05, 0) is 36.4 Å². The van der Waals surface area contributed by atoms with Gasteiger partial charge in [-0.3, -0.25) is 4.79 Å². The Balaban J connectivity index is 1.68. The van der Waals surface area contributed by atoms with Crippen molar-refractivity contribution in [3.05, 3.63) is 53.6 Å². The lowest BCUT2D eigenvalue weighted by Crippen LogP contribution is -2.16. The molecular weight excluding hydrogens is 310 g/mol. The second kappa shape index (κ2) is 6.36.